The molecular weight excluding hydrogens is 124 g/mol. The molecule has 5 heteroatoms. The maximum absolute atomic E-state index is 10.0. The Balaban J connectivity index is 3.10. The third-order valence-electron chi connectivity index (χ3n) is 0.563. The molecule has 0 aromatic heterocycles. The summed E-state index contributed by atoms with van der Waals surface area (Å²) in [6.07, 6.45) is 0. The van der Waals surface area contributed by atoms with Crippen LogP contribution in [0.2, 0.25) is 0 Å². The lowest BCUT2D eigenvalue weighted by Crippen LogP contribution is -2.26. The van der Waals surface area contributed by atoms with Gasteiger partial charge in [-0.15, -0.1) is 5.43 Å². The Bertz CT molecular complexity index is 109. The molecule has 0 aliphatic heterocycles. The number of carbonyl (C=O) groups is 1. The summed E-state index contributed by atoms with van der Waals surface area (Å²) in [5.74, 6) is -0.413. The highest BCUT2D eigenvalue weighted by atomic mass is 16.5. The number of nitrogens with zero attached hydrogens (tertiary/aromatic N) is 1. The van der Waals surface area contributed by atoms with Crippen molar-refractivity contribution in [2.75, 3.05) is 13.8 Å². The zero-order valence-corrected chi connectivity index (χ0v) is 5.38. The number of esters is 1. The third kappa shape index (κ3) is 6.87. The van der Waals surface area contributed by atoms with Crippen molar-refractivity contribution in [3.63, 3.8) is 0 Å². The first-order valence-corrected chi connectivity index (χ1v) is 2.40. The van der Waals surface area contributed by atoms with Crippen molar-refractivity contribution >= 4 is 5.97 Å². The summed E-state index contributed by atoms with van der Waals surface area (Å²) in [5, 5.41) is 0. The van der Waals surface area contributed by atoms with Crippen molar-refractivity contribution < 1.29 is 14.4 Å². The molecule has 0 aromatic carbocycles. The van der Waals surface area contributed by atoms with Crippen molar-refractivity contribution in [1.82, 2.24) is 5.43 Å². The summed E-state index contributed by atoms with van der Waals surface area (Å²) in [4.78, 5) is 20.5. The van der Waals surface area contributed by atoms with Crippen molar-refractivity contribution in [1.29, 1.82) is 0 Å². The Morgan fingerprint density at radius 2 is 2.33 bits per heavy atom. The number of nitroso groups, excluding NO2 is 1. The van der Waals surface area contributed by atoms with Gasteiger partial charge < -0.3 is 4.74 Å². The quantitative estimate of drug-likeness (QED) is 0.242. The Kier molecular flexibility index (Phi) is 3.34. The van der Waals surface area contributed by atoms with E-state index in [0.29, 0.717) is 4.87 Å². The molecular formula is C4H9N2O3+. The fourth-order valence-corrected chi connectivity index (χ4v) is 0.225. The highest BCUT2D eigenvalue weighted by molar-refractivity contribution is 5.65. The Morgan fingerprint density at radius 1 is 1.78 bits per heavy atom. The molecule has 0 saturated heterocycles. The van der Waals surface area contributed by atoms with Gasteiger partial charge in [0.05, 0.1) is 4.91 Å². The Labute approximate surface area is 52.5 Å². The van der Waals surface area contributed by atoms with Gasteiger partial charge in [-0.1, -0.05) is 0 Å². The van der Waals surface area contributed by atoms with Crippen LogP contribution in [0.15, 0.2) is 0 Å². The third-order valence-corrected chi connectivity index (χ3v) is 0.563. The summed E-state index contributed by atoms with van der Waals surface area (Å²) in [6, 6.07) is 0. The molecule has 0 amide bonds. The number of carbonyl (C=O) groups excluding carboxylic acids is 1. The van der Waals surface area contributed by atoms with Crippen LogP contribution >= 0.6 is 0 Å². The second-order valence-corrected chi connectivity index (χ2v) is 1.44. The van der Waals surface area contributed by atoms with Crippen LogP contribution in [0.4, 0.5) is 0 Å². The highest BCUT2D eigenvalue weighted by Crippen LogP contribution is 1.69. The predicted octanol–water partition coefficient (Wildman–Crippen LogP) is -0.580. The molecule has 0 aromatic rings. The molecule has 0 spiro atoms. The number of hydrazine groups is 1. The molecule has 0 aliphatic rings. The molecule has 0 radical (unpaired) electrons. The van der Waals surface area contributed by atoms with Crippen molar-refractivity contribution in [2.45, 2.75) is 6.92 Å². The molecule has 0 heterocycles. The molecule has 0 fully saturated rings. The van der Waals surface area contributed by atoms with Crippen molar-refractivity contribution in [3.8, 4) is 0 Å². The van der Waals surface area contributed by atoms with E-state index in [0.717, 1.165) is 0 Å². The van der Waals surface area contributed by atoms with E-state index in [2.05, 4.69) is 10.2 Å². The molecule has 52 valence electrons. The van der Waals surface area contributed by atoms with Crippen LogP contribution in [-0.4, -0.2) is 24.6 Å². The van der Waals surface area contributed by atoms with E-state index >= 15 is 0 Å². The maximum Gasteiger partial charge on any atom is 0.304 e. The topological polar surface area (TPSA) is 58.4 Å². The summed E-state index contributed by atoms with van der Waals surface area (Å²) >= 11 is 0. The first kappa shape index (κ1) is 7.87. The van der Waals surface area contributed by atoms with E-state index in [-0.39, 0.29) is 6.73 Å². The molecule has 0 saturated carbocycles. The summed E-state index contributed by atoms with van der Waals surface area (Å²) in [7, 11) is 1.27. The van der Waals surface area contributed by atoms with E-state index < -0.39 is 5.97 Å². The van der Waals surface area contributed by atoms with E-state index in [4.69, 9.17) is 0 Å². The Morgan fingerprint density at radius 3 is 2.67 bits per heavy atom. The average molecular weight is 133 g/mol. The number of ether oxygens (including phenoxy) is 1. The zero-order valence-electron chi connectivity index (χ0n) is 5.38. The molecule has 0 aliphatic carbocycles. The minimum Gasteiger partial charge on any atom is -0.439 e. The Hall–Kier alpha value is -1.13. The van der Waals surface area contributed by atoms with Crippen LogP contribution < -0.4 is 5.43 Å². The van der Waals surface area contributed by atoms with E-state index in [1.807, 2.05) is 0 Å². The second-order valence-electron chi connectivity index (χ2n) is 1.44. The molecule has 5 nitrogen and oxygen atoms in total. The summed E-state index contributed by atoms with van der Waals surface area (Å²) in [5.41, 5.74) is 2.21. The summed E-state index contributed by atoms with van der Waals surface area (Å²) in [6.45, 7) is 1.20. The fraction of sp³-hybridized carbons (Fsp3) is 0.750. The van der Waals surface area contributed by atoms with Gasteiger partial charge in [-0.3, -0.25) is 4.79 Å². The molecule has 0 unspecified atom stereocenters. The molecule has 9 heavy (non-hydrogen) atoms. The lowest BCUT2D eigenvalue weighted by atomic mass is 10.8. The molecule has 0 rings (SSSR count). The standard InChI is InChI=1S/C4H9N2O3/c1-4(7)9-3-5-6(2)8/h3H2,1-2H3,(H,5,8)/q+1. The highest BCUT2D eigenvalue weighted by Gasteiger charge is 1.95. The van der Waals surface area contributed by atoms with Crippen LogP contribution in [0.25, 0.3) is 0 Å². The fourth-order valence-electron chi connectivity index (χ4n) is 0.225. The maximum atomic E-state index is 10.0. The largest absolute Gasteiger partial charge is 0.439 e. The van der Waals surface area contributed by atoms with E-state index in [1.165, 1.54) is 14.0 Å². The molecule has 0 bridgehead atoms. The minimum atomic E-state index is -0.413. The van der Waals surface area contributed by atoms with Gasteiger partial charge in [-0.05, 0) is 0 Å². The number of rotatable bonds is 3. The van der Waals surface area contributed by atoms with Crippen LogP contribution in [0.1, 0.15) is 6.92 Å². The number of hydrogen-bond acceptors (Lipinski definition) is 3. The predicted molar refractivity (Wildman–Crippen MR) is 29.3 cm³/mol. The lowest BCUT2D eigenvalue weighted by Gasteiger charge is -1.94. The van der Waals surface area contributed by atoms with Gasteiger partial charge in [0.15, 0.2) is 0 Å². The zero-order chi connectivity index (χ0) is 7.28. The van der Waals surface area contributed by atoms with Gasteiger partial charge in [0.2, 0.25) is 13.8 Å². The first-order chi connectivity index (χ1) is 4.13. The first-order valence-electron chi connectivity index (χ1n) is 2.40. The van der Waals surface area contributed by atoms with Crippen LogP contribution in [0.3, 0.4) is 0 Å². The van der Waals surface area contributed by atoms with Crippen LogP contribution in [0.5, 0.6) is 0 Å². The smallest absolute Gasteiger partial charge is 0.304 e. The molecule has 1 N–H and O–H groups in total. The number of hydrogen-bond donors (Lipinski definition) is 1. The van der Waals surface area contributed by atoms with Crippen molar-refractivity contribution in [2.24, 2.45) is 0 Å². The van der Waals surface area contributed by atoms with E-state index in [1.54, 1.807) is 0 Å². The van der Waals surface area contributed by atoms with Gasteiger partial charge in [0.1, 0.15) is 4.87 Å². The normalized spacial score (nSPS) is 8.22. The average Bonchev–Trinajstić information content (AvgIpc) is 1.63. The number of nitrogens with one attached hydrogen (secondary N) is 1. The van der Waals surface area contributed by atoms with Crippen LogP contribution in [0, 0.1) is 4.91 Å². The van der Waals surface area contributed by atoms with Crippen molar-refractivity contribution in [3.05, 3.63) is 4.91 Å². The molecule has 0 atom stereocenters. The second kappa shape index (κ2) is 3.82. The van der Waals surface area contributed by atoms with Gasteiger partial charge in [-0.2, -0.15) is 0 Å². The van der Waals surface area contributed by atoms with Gasteiger partial charge >= 0.3 is 5.97 Å². The minimum absolute atomic E-state index is 0.0741. The van der Waals surface area contributed by atoms with Gasteiger partial charge in [-0.25, -0.2) is 0 Å². The van der Waals surface area contributed by atoms with Gasteiger partial charge in [0.25, 0.3) is 0 Å². The SMILES string of the molecule is CC(=O)OCN[N+](C)=O. The van der Waals surface area contributed by atoms with Crippen LogP contribution in [-0.2, 0) is 9.53 Å². The van der Waals surface area contributed by atoms with E-state index in [9.17, 15) is 9.70 Å². The monoisotopic (exact) mass is 133 g/mol. The van der Waals surface area contributed by atoms with Gasteiger partial charge in [0, 0.05) is 6.92 Å². The summed E-state index contributed by atoms with van der Waals surface area (Å²) < 4.78 is 4.36. The lowest BCUT2D eigenvalue weighted by molar-refractivity contribution is -0.585.